The molecule has 0 saturated carbocycles. The van der Waals surface area contributed by atoms with Crippen LogP contribution >= 0.6 is 0 Å². The highest BCUT2D eigenvalue weighted by atomic mass is 16.5. The Labute approximate surface area is 147 Å². The van der Waals surface area contributed by atoms with Gasteiger partial charge in [-0.2, -0.15) is 0 Å². The number of allylic oxidation sites excluding steroid dienone is 3. The number of nitrogens with one attached hydrogen (secondary N) is 2. The van der Waals surface area contributed by atoms with Crippen molar-refractivity contribution < 1.29 is 14.3 Å². The Kier molecular flexibility index (Phi) is 6.54. The van der Waals surface area contributed by atoms with Gasteiger partial charge in [-0.1, -0.05) is 30.4 Å². The highest BCUT2D eigenvalue weighted by Gasteiger charge is 2.14. The van der Waals surface area contributed by atoms with Gasteiger partial charge < -0.3 is 15.4 Å². The second-order valence-electron chi connectivity index (χ2n) is 5.11. The van der Waals surface area contributed by atoms with Crippen LogP contribution in [0.2, 0.25) is 0 Å². The van der Waals surface area contributed by atoms with Gasteiger partial charge in [0, 0.05) is 11.3 Å². The molecule has 0 bridgehead atoms. The molecule has 2 aromatic rings. The highest BCUT2D eigenvalue weighted by Crippen LogP contribution is 2.15. The minimum Gasteiger partial charge on any atom is -0.497 e. The van der Waals surface area contributed by atoms with Gasteiger partial charge in [0.05, 0.1) is 7.11 Å². The second-order valence-corrected chi connectivity index (χ2v) is 5.11. The zero-order valence-corrected chi connectivity index (χ0v) is 14.2. The van der Waals surface area contributed by atoms with Crippen LogP contribution in [0.15, 0.2) is 78.5 Å². The monoisotopic (exact) mass is 336 g/mol. The smallest absolute Gasteiger partial charge is 0.272 e. The zero-order chi connectivity index (χ0) is 18.1. The van der Waals surface area contributed by atoms with Crippen LogP contribution in [0.4, 0.5) is 5.69 Å². The lowest BCUT2D eigenvalue weighted by molar-refractivity contribution is -0.113. The molecule has 0 heterocycles. The van der Waals surface area contributed by atoms with E-state index < -0.39 is 5.91 Å². The van der Waals surface area contributed by atoms with Crippen LogP contribution in [-0.2, 0) is 4.79 Å². The van der Waals surface area contributed by atoms with E-state index in [0.29, 0.717) is 17.0 Å². The van der Waals surface area contributed by atoms with Crippen LogP contribution in [0.3, 0.4) is 0 Å². The number of ether oxygens (including phenoxy) is 1. The van der Waals surface area contributed by atoms with Gasteiger partial charge in [0.2, 0.25) is 0 Å². The first-order chi connectivity index (χ1) is 12.1. The molecule has 0 aliphatic carbocycles. The first-order valence-corrected chi connectivity index (χ1v) is 7.79. The van der Waals surface area contributed by atoms with E-state index in [0.717, 1.165) is 0 Å². The van der Waals surface area contributed by atoms with Gasteiger partial charge in [-0.05, 0) is 49.4 Å². The van der Waals surface area contributed by atoms with Crippen LogP contribution in [0.1, 0.15) is 17.3 Å². The third-order valence-corrected chi connectivity index (χ3v) is 3.33. The highest BCUT2D eigenvalue weighted by molar-refractivity contribution is 6.08. The number of anilines is 1. The molecule has 2 aromatic carbocycles. The predicted octanol–water partition coefficient (Wildman–Crippen LogP) is 3.52. The van der Waals surface area contributed by atoms with E-state index in [9.17, 15) is 9.59 Å². The summed E-state index contributed by atoms with van der Waals surface area (Å²) in [6.45, 7) is 1.83. The molecule has 0 unspecified atom stereocenters. The number of rotatable bonds is 6. The first-order valence-electron chi connectivity index (χ1n) is 7.79. The summed E-state index contributed by atoms with van der Waals surface area (Å²) >= 11 is 0. The van der Waals surface area contributed by atoms with Crippen molar-refractivity contribution in [1.29, 1.82) is 0 Å². The van der Waals surface area contributed by atoms with Crippen molar-refractivity contribution in [3.63, 3.8) is 0 Å². The number of hydrogen-bond donors (Lipinski definition) is 2. The molecule has 0 spiro atoms. The molecule has 0 aliphatic rings. The lowest BCUT2D eigenvalue weighted by atomic mass is 10.2. The molecule has 25 heavy (non-hydrogen) atoms. The summed E-state index contributed by atoms with van der Waals surface area (Å²) in [6.07, 6.45) is 5.02. The third kappa shape index (κ3) is 5.35. The second kappa shape index (κ2) is 9.08. The Morgan fingerprint density at radius 1 is 1.00 bits per heavy atom. The quantitative estimate of drug-likeness (QED) is 0.626. The van der Waals surface area contributed by atoms with E-state index in [1.807, 2.05) is 13.0 Å². The lowest BCUT2D eigenvalue weighted by Crippen LogP contribution is -2.30. The normalized spacial score (nSPS) is 11.2. The summed E-state index contributed by atoms with van der Waals surface area (Å²) in [6, 6.07) is 15.7. The number of carbonyl (C=O) groups is 2. The fraction of sp³-hybridized carbons (Fsp3) is 0.100. The Bertz CT molecular complexity index is 778. The summed E-state index contributed by atoms with van der Waals surface area (Å²) in [5.41, 5.74) is 1.24. The summed E-state index contributed by atoms with van der Waals surface area (Å²) in [7, 11) is 1.57. The molecule has 0 fully saturated rings. The molecule has 2 amide bonds. The van der Waals surface area contributed by atoms with Gasteiger partial charge in [-0.15, -0.1) is 0 Å². The molecule has 0 radical (unpaired) electrons. The number of amides is 2. The minimum atomic E-state index is -0.410. The molecule has 0 atom stereocenters. The van der Waals surface area contributed by atoms with E-state index in [1.54, 1.807) is 73.9 Å². The van der Waals surface area contributed by atoms with Gasteiger partial charge in [-0.25, -0.2) is 0 Å². The average Bonchev–Trinajstić information content (AvgIpc) is 2.66. The van der Waals surface area contributed by atoms with Gasteiger partial charge in [0.15, 0.2) is 0 Å². The molecule has 5 heteroatoms. The SMILES string of the molecule is C/C=C/C=C(/NC(=O)c1ccccc1)C(=O)Nc1ccc(OC)cc1. The van der Waals surface area contributed by atoms with Crippen LogP contribution < -0.4 is 15.4 Å². The lowest BCUT2D eigenvalue weighted by Gasteiger charge is -2.11. The standard InChI is InChI=1S/C20H20N2O3/c1-3-4-10-18(22-19(23)15-8-6-5-7-9-15)20(24)21-16-11-13-17(25-2)14-12-16/h3-14H,1-2H3,(H,21,24)(H,22,23)/b4-3+,18-10+. The summed E-state index contributed by atoms with van der Waals surface area (Å²) in [4.78, 5) is 24.8. The maximum atomic E-state index is 12.5. The number of methoxy groups -OCH3 is 1. The number of hydrogen-bond acceptors (Lipinski definition) is 3. The van der Waals surface area contributed by atoms with Crippen molar-refractivity contribution in [2.45, 2.75) is 6.92 Å². The fourth-order valence-corrected chi connectivity index (χ4v) is 2.02. The van der Waals surface area contributed by atoms with Crippen molar-refractivity contribution in [3.8, 4) is 5.75 Å². The van der Waals surface area contributed by atoms with E-state index >= 15 is 0 Å². The maximum Gasteiger partial charge on any atom is 0.272 e. The van der Waals surface area contributed by atoms with Crippen molar-refractivity contribution in [2.75, 3.05) is 12.4 Å². The van der Waals surface area contributed by atoms with Crippen molar-refractivity contribution in [1.82, 2.24) is 5.32 Å². The zero-order valence-electron chi connectivity index (χ0n) is 14.2. The average molecular weight is 336 g/mol. The van der Waals surface area contributed by atoms with Crippen LogP contribution in [0.5, 0.6) is 5.75 Å². The van der Waals surface area contributed by atoms with E-state index in [4.69, 9.17) is 4.74 Å². The van der Waals surface area contributed by atoms with E-state index in [-0.39, 0.29) is 11.6 Å². The summed E-state index contributed by atoms with van der Waals surface area (Å²) in [5, 5.41) is 5.39. The van der Waals surface area contributed by atoms with Gasteiger partial charge >= 0.3 is 0 Å². The van der Waals surface area contributed by atoms with Crippen molar-refractivity contribution >= 4 is 17.5 Å². The molecule has 0 aromatic heterocycles. The molecular weight excluding hydrogens is 316 g/mol. The first kappa shape index (κ1) is 18.0. The predicted molar refractivity (Wildman–Crippen MR) is 98.4 cm³/mol. The molecule has 128 valence electrons. The van der Waals surface area contributed by atoms with Crippen molar-refractivity contribution in [2.24, 2.45) is 0 Å². The maximum absolute atomic E-state index is 12.5. The Balaban J connectivity index is 2.13. The van der Waals surface area contributed by atoms with Gasteiger partial charge in [-0.3, -0.25) is 9.59 Å². The van der Waals surface area contributed by atoms with Gasteiger partial charge in [0.1, 0.15) is 11.4 Å². The number of carbonyl (C=O) groups excluding carboxylic acids is 2. The Morgan fingerprint density at radius 2 is 1.68 bits per heavy atom. The van der Waals surface area contributed by atoms with E-state index in [2.05, 4.69) is 10.6 Å². The summed E-state index contributed by atoms with van der Waals surface area (Å²) < 4.78 is 5.09. The van der Waals surface area contributed by atoms with E-state index in [1.165, 1.54) is 0 Å². The minimum absolute atomic E-state index is 0.155. The Morgan fingerprint density at radius 3 is 2.28 bits per heavy atom. The fourth-order valence-electron chi connectivity index (χ4n) is 2.02. The largest absolute Gasteiger partial charge is 0.497 e. The molecule has 0 aliphatic heterocycles. The van der Waals surface area contributed by atoms with Crippen molar-refractivity contribution in [3.05, 3.63) is 84.1 Å². The third-order valence-electron chi connectivity index (χ3n) is 3.33. The van der Waals surface area contributed by atoms with Crippen LogP contribution in [-0.4, -0.2) is 18.9 Å². The molecule has 2 N–H and O–H groups in total. The topological polar surface area (TPSA) is 67.4 Å². The molecule has 2 rings (SSSR count). The van der Waals surface area contributed by atoms with Crippen LogP contribution in [0, 0.1) is 0 Å². The molecule has 0 saturated heterocycles. The summed E-state index contributed by atoms with van der Waals surface area (Å²) in [5.74, 6) is -0.0613. The molecule has 5 nitrogen and oxygen atoms in total. The Hall–Kier alpha value is -3.34. The van der Waals surface area contributed by atoms with Gasteiger partial charge in [0.25, 0.3) is 11.8 Å². The number of benzene rings is 2. The molecular formula is C20H20N2O3. The van der Waals surface area contributed by atoms with Crippen LogP contribution in [0.25, 0.3) is 0 Å².